The molecule has 1 aromatic heterocycles. The number of aromatic nitrogens is 3. The molecule has 21 heavy (non-hydrogen) atoms. The van der Waals surface area contributed by atoms with E-state index >= 15 is 0 Å². The van der Waals surface area contributed by atoms with Crippen molar-refractivity contribution in [1.29, 1.82) is 0 Å². The minimum atomic E-state index is -0.905. The van der Waals surface area contributed by atoms with Crippen LogP contribution in [0.25, 0.3) is 5.69 Å². The van der Waals surface area contributed by atoms with Crippen LogP contribution < -0.4 is 0 Å². The number of hydrogen-bond acceptors (Lipinski definition) is 4. The zero-order valence-corrected chi connectivity index (χ0v) is 12.2. The van der Waals surface area contributed by atoms with E-state index in [1.54, 1.807) is 19.1 Å². The molecule has 1 aliphatic carbocycles. The maximum absolute atomic E-state index is 13.4. The summed E-state index contributed by atoms with van der Waals surface area (Å²) < 4.78 is 15.3. The maximum Gasteiger partial charge on any atom is 0.313 e. The molecule has 7 heteroatoms. The van der Waals surface area contributed by atoms with Crippen molar-refractivity contribution < 1.29 is 14.3 Å². The number of aliphatic carboxylic acids is 1. The lowest BCUT2D eigenvalue weighted by atomic mass is 10.2. The average molecular weight is 307 g/mol. The van der Waals surface area contributed by atoms with Crippen molar-refractivity contribution in [2.75, 3.05) is 5.75 Å². The maximum atomic E-state index is 13.4. The van der Waals surface area contributed by atoms with Crippen LogP contribution in [0.1, 0.15) is 30.1 Å². The molecule has 110 valence electrons. The van der Waals surface area contributed by atoms with Gasteiger partial charge >= 0.3 is 5.97 Å². The third kappa shape index (κ3) is 2.92. The zero-order valence-electron chi connectivity index (χ0n) is 11.4. The molecular formula is C14H14FN3O2S. The van der Waals surface area contributed by atoms with Crippen molar-refractivity contribution in [3.8, 4) is 5.69 Å². The third-order valence-electron chi connectivity index (χ3n) is 3.33. The number of carboxylic acid groups (broad SMARTS) is 1. The van der Waals surface area contributed by atoms with Gasteiger partial charge in [-0.25, -0.2) is 4.39 Å². The molecule has 5 nitrogen and oxygen atoms in total. The molecule has 1 heterocycles. The number of carbonyl (C=O) groups is 1. The Morgan fingerprint density at radius 1 is 1.48 bits per heavy atom. The van der Waals surface area contributed by atoms with Gasteiger partial charge < -0.3 is 5.11 Å². The minimum Gasteiger partial charge on any atom is -0.481 e. The molecule has 1 saturated carbocycles. The summed E-state index contributed by atoms with van der Waals surface area (Å²) in [5.74, 6) is -0.0588. The summed E-state index contributed by atoms with van der Waals surface area (Å²) in [5.41, 5.74) is 1.31. The van der Waals surface area contributed by atoms with Gasteiger partial charge in [0.05, 0.1) is 5.75 Å². The van der Waals surface area contributed by atoms with E-state index in [9.17, 15) is 9.18 Å². The van der Waals surface area contributed by atoms with E-state index < -0.39 is 5.97 Å². The number of halogens is 1. The van der Waals surface area contributed by atoms with Gasteiger partial charge in [0.25, 0.3) is 0 Å². The number of carboxylic acids is 1. The van der Waals surface area contributed by atoms with Crippen LogP contribution in [0.3, 0.4) is 0 Å². The Morgan fingerprint density at radius 2 is 2.24 bits per heavy atom. The van der Waals surface area contributed by atoms with Crippen molar-refractivity contribution in [3.63, 3.8) is 0 Å². The molecule has 0 saturated heterocycles. The summed E-state index contributed by atoms with van der Waals surface area (Å²) in [6.07, 6.45) is 2.11. The summed E-state index contributed by atoms with van der Waals surface area (Å²) in [7, 11) is 0. The number of thioether (sulfide) groups is 1. The molecule has 2 aromatic rings. The number of hydrogen-bond donors (Lipinski definition) is 1. The average Bonchev–Trinajstić information content (AvgIpc) is 3.20. The molecule has 3 rings (SSSR count). The molecular weight excluding hydrogens is 293 g/mol. The molecule has 0 radical (unpaired) electrons. The highest BCUT2D eigenvalue weighted by atomic mass is 32.2. The van der Waals surface area contributed by atoms with Crippen LogP contribution in [0.15, 0.2) is 23.4 Å². The second-order valence-corrected chi connectivity index (χ2v) is 6.01. The molecule has 1 N–H and O–H groups in total. The molecule has 1 aromatic carbocycles. The fourth-order valence-corrected chi connectivity index (χ4v) is 2.80. The first-order valence-corrected chi connectivity index (χ1v) is 7.61. The number of nitrogens with zero attached hydrogens (tertiary/aromatic N) is 3. The number of rotatable bonds is 5. The van der Waals surface area contributed by atoms with Gasteiger partial charge in [-0.15, -0.1) is 10.2 Å². The van der Waals surface area contributed by atoms with Gasteiger partial charge in [-0.1, -0.05) is 11.8 Å². The van der Waals surface area contributed by atoms with Gasteiger partial charge in [-0.2, -0.15) is 0 Å². The fourth-order valence-electron chi connectivity index (χ4n) is 2.12. The molecule has 1 fully saturated rings. The first kappa shape index (κ1) is 14.1. The Labute approximate surface area is 125 Å². The lowest BCUT2D eigenvalue weighted by Gasteiger charge is -2.10. The molecule has 0 unspecified atom stereocenters. The van der Waals surface area contributed by atoms with Gasteiger partial charge in [0.1, 0.15) is 11.6 Å². The largest absolute Gasteiger partial charge is 0.481 e. The zero-order chi connectivity index (χ0) is 15.0. The normalized spacial score (nSPS) is 14.4. The SMILES string of the molecule is Cc1cc(-n2c(SCC(=O)O)nnc2C2CC2)ccc1F. The second-order valence-electron chi connectivity index (χ2n) is 5.07. The van der Waals surface area contributed by atoms with Crippen LogP contribution in [-0.4, -0.2) is 31.6 Å². The summed E-state index contributed by atoms with van der Waals surface area (Å²) in [5, 5.41) is 17.6. The molecule has 0 spiro atoms. The quantitative estimate of drug-likeness (QED) is 0.860. The Balaban J connectivity index is 2.02. The van der Waals surface area contributed by atoms with Crippen molar-refractivity contribution in [2.24, 2.45) is 0 Å². The standard InChI is InChI=1S/C14H14FN3O2S/c1-8-6-10(4-5-11(8)15)18-13(9-2-3-9)16-17-14(18)21-7-12(19)20/h4-6,9H,2-3,7H2,1H3,(H,19,20). The first-order chi connectivity index (χ1) is 10.1. The van der Waals surface area contributed by atoms with Crippen molar-refractivity contribution in [3.05, 3.63) is 35.4 Å². The topological polar surface area (TPSA) is 68.0 Å². The van der Waals surface area contributed by atoms with Gasteiger partial charge in [-0.3, -0.25) is 9.36 Å². The molecule has 0 aliphatic heterocycles. The summed E-state index contributed by atoms with van der Waals surface area (Å²) >= 11 is 1.12. The van der Waals surface area contributed by atoms with E-state index in [1.165, 1.54) is 6.07 Å². The summed E-state index contributed by atoms with van der Waals surface area (Å²) in [6.45, 7) is 1.70. The van der Waals surface area contributed by atoms with E-state index in [-0.39, 0.29) is 11.6 Å². The Kier molecular flexibility index (Phi) is 3.67. The smallest absolute Gasteiger partial charge is 0.313 e. The van der Waals surface area contributed by atoms with Crippen LogP contribution >= 0.6 is 11.8 Å². The highest BCUT2D eigenvalue weighted by Gasteiger charge is 2.31. The molecule has 0 atom stereocenters. The first-order valence-electron chi connectivity index (χ1n) is 6.62. The van der Waals surface area contributed by atoms with Gasteiger partial charge in [-0.05, 0) is 43.5 Å². The number of aryl methyl sites for hydroxylation is 1. The molecule has 0 amide bonds. The fraction of sp³-hybridized carbons (Fsp3) is 0.357. The van der Waals surface area contributed by atoms with Crippen molar-refractivity contribution >= 4 is 17.7 Å². The van der Waals surface area contributed by atoms with Crippen molar-refractivity contribution in [1.82, 2.24) is 14.8 Å². The highest BCUT2D eigenvalue weighted by molar-refractivity contribution is 7.99. The monoisotopic (exact) mass is 307 g/mol. The predicted molar refractivity (Wildman–Crippen MR) is 76.4 cm³/mol. The third-order valence-corrected chi connectivity index (χ3v) is 4.24. The lowest BCUT2D eigenvalue weighted by Crippen LogP contribution is -2.05. The van der Waals surface area contributed by atoms with Crippen LogP contribution in [0, 0.1) is 12.7 Å². The van der Waals surface area contributed by atoms with E-state index in [2.05, 4.69) is 10.2 Å². The van der Waals surface area contributed by atoms with Crippen molar-refractivity contribution in [2.45, 2.75) is 30.8 Å². The Bertz CT molecular complexity index is 698. The van der Waals surface area contributed by atoms with Gasteiger partial charge in [0.2, 0.25) is 0 Å². The molecule has 0 bridgehead atoms. The lowest BCUT2D eigenvalue weighted by molar-refractivity contribution is -0.133. The van der Waals surface area contributed by atoms with E-state index in [1.807, 2.05) is 4.57 Å². The van der Waals surface area contributed by atoms with E-state index in [4.69, 9.17) is 5.11 Å². The highest BCUT2D eigenvalue weighted by Crippen LogP contribution is 2.41. The summed E-state index contributed by atoms with van der Waals surface area (Å²) in [6, 6.07) is 4.81. The Hall–Kier alpha value is -1.89. The predicted octanol–water partition coefficient (Wildman–Crippen LogP) is 2.77. The van der Waals surface area contributed by atoms with Gasteiger partial charge in [0.15, 0.2) is 5.16 Å². The van der Waals surface area contributed by atoms with Crippen LogP contribution in [0.2, 0.25) is 0 Å². The van der Waals surface area contributed by atoms with Gasteiger partial charge in [0, 0.05) is 11.6 Å². The Morgan fingerprint density at radius 3 is 2.86 bits per heavy atom. The van der Waals surface area contributed by atoms with E-state index in [0.29, 0.717) is 16.6 Å². The van der Waals surface area contributed by atoms with Crippen LogP contribution in [-0.2, 0) is 4.79 Å². The van der Waals surface area contributed by atoms with E-state index in [0.717, 1.165) is 36.1 Å². The second kappa shape index (κ2) is 5.48. The minimum absolute atomic E-state index is 0.0804. The van der Waals surface area contributed by atoms with Crippen LogP contribution in [0.5, 0.6) is 0 Å². The van der Waals surface area contributed by atoms with Crippen LogP contribution in [0.4, 0.5) is 4.39 Å². The molecule has 1 aliphatic rings. The number of benzene rings is 1. The summed E-state index contributed by atoms with van der Waals surface area (Å²) in [4.78, 5) is 10.7.